The van der Waals surface area contributed by atoms with E-state index >= 15 is 0 Å². The standard InChI is InChI=1S/C21H30NO9P.C21H28NO9P/c2*1-2-3-4-5-6-7-29-32(26)30-18-13(23)8-12-11-9-14-19(28-10-27-14)17(24)15(11)21(25)22-16(12)20(18)31-32/h9,11-13,15-16,18,20,23-24H,2-8,10H2,1H3,(H,22,25);8-9,11,13,15-16,18,20,23-24H,2-7,10H2,1H3,(H,22,25)/t11?,12-,13+,15?,16-,18-,20+,32?;11?,13-,15?,16+,18+,20-,32?/m10/s1. The first-order chi connectivity index (χ1) is 30.8. The zero-order valence-electron chi connectivity index (χ0n) is 35.7. The molecule has 354 valence electrons. The lowest BCUT2D eigenvalue weighted by Gasteiger charge is -2.49. The maximum Gasteiger partial charge on any atom is 0.475 e. The highest BCUT2D eigenvalue weighted by molar-refractivity contribution is 7.49. The van der Waals surface area contributed by atoms with Crippen molar-refractivity contribution in [3.63, 3.8) is 0 Å². The Hall–Kier alpha value is -3.42. The molecule has 0 bridgehead atoms. The SMILES string of the molecule is CCCCCCCOP1(=O)O[C@@H]2[C@H](O1)[C@@H](O)C=C1C3C=C4OCOC4=C(O)C3C(=O)N[C@H]12.CCCCCCCOP1(=O)O[C@H]2[C@@H]3NC(=O)C4C(O)=C5OCOC5=CC4[C@H]3C[C@H](O)[C@H]2O1. The van der Waals surface area contributed by atoms with Crippen LogP contribution < -0.4 is 10.6 Å². The summed E-state index contributed by atoms with van der Waals surface area (Å²) in [6.45, 7) is 4.67. The highest BCUT2D eigenvalue weighted by Gasteiger charge is 2.63. The second-order valence-electron chi connectivity index (χ2n) is 17.7. The molecule has 20 nitrogen and oxygen atoms in total. The van der Waals surface area contributed by atoms with Gasteiger partial charge in [0.1, 0.15) is 42.4 Å². The summed E-state index contributed by atoms with van der Waals surface area (Å²) in [5.41, 5.74) is 0.633. The van der Waals surface area contributed by atoms with E-state index in [0.29, 0.717) is 17.1 Å². The van der Waals surface area contributed by atoms with Crippen molar-refractivity contribution < 1.29 is 85.2 Å². The summed E-state index contributed by atoms with van der Waals surface area (Å²) in [5, 5.41) is 48.5. The molecule has 6 unspecified atom stereocenters. The van der Waals surface area contributed by atoms with Crippen molar-refractivity contribution in [3.05, 3.63) is 58.4 Å². The summed E-state index contributed by atoms with van der Waals surface area (Å²) in [4.78, 5) is 25.8. The molecule has 6 N–H and O–H groups in total. The van der Waals surface area contributed by atoms with E-state index in [4.69, 9.17) is 46.1 Å². The maximum absolute atomic E-state index is 13.1. The zero-order chi connectivity index (χ0) is 44.9. The van der Waals surface area contributed by atoms with E-state index < -0.39 is 93.9 Å². The highest BCUT2D eigenvalue weighted by Crippen LogP contribution is 2.63. The molecule has 64 heavy (non-hydrogen) atoms. The molecule has 6 saturated heterocycles. The molecule has 0 aromatic heterocycles. The van der Waals surface area contributed by atoms with Gasteiger partial charge < -0.3 is 50.0 Å². The van der Waals surface area contributed by atoms with E-state index in [9.17, 15) is 39.1 Å². The van der Waals surface area contributed by atoms with Crippen LogP contribution in [0.15, 0.2) is 58.4 Å². The minimum absolute atomic E-state index is 0.0242. The number of aliphatic hydroxyl groups is 4. The number of amides is 2. The predicted molar refractivity (Wildman–Crippen MR) is 220 cm³/mol. The monoisotopic (exact) mass is 940 g/mol. The average molecular weight is 941 g/mol. The minimum atomic E-state index is -3.88. The molecule has 7 fully saturated rings. The predicted octanol–water partition coefficient (Wildman–Crippen LogP) is 5.22. The lowest BCUT2D eigenvalue weighted by molar-refractivity contribution is -0.139. The normalized spacial score (nSPS) is 40.9. The van der Waals surface area contributed by atoms with Crippen molar-refractivity contribution in [2.24, 2.45) is 29.6 Å². The number of unbranched alkanes of at least 4 members (excludes halogenated alkanes) is 8. The van der Waals surface area contributed by atoms with Gasteiger partial charge in [0.05, 0.1) is 31.4 Å². The molecule has 10 rings (SSSR count). The molecule has 6 aliphatic heterocycles. The Bertz CT molecular complexity index is 2070. The third kappa shape index (κ3) is 8.57. The Morgan fingerprint density at radius 3 is 1.84 bits per heavy atom. The molecule has 2 amide bonds. The summed E-state index contributed by atoms with van der Waals surface area (Å²) in [6.07, 6.45) is 9.86. The van der Waals surface area contributed by atoms with Crippen molar-refractivity contribution in [2.75, 3.05) is 26.8 Å². The van der Waals surface area contributed by atoms with Gasteiger partial charge in [0.2, 0.25) is 36.9 Å². The number of carbonyl (C=O) groups excluding carboxylic acids is 2. The molecule has 10 aliphatic rings. The third-order valence-electron chi connectivity index (χ3n) is 13.5. The van der Waals surface area contributed by atoms with Crippen molar-refractivity contribution >= 4 is 27.5 Å². The molecular weight excluding hydrogens is 882 g/mol. The lowest BCUT2D eigenvalue weighted by atomic mass is 9.64. The van der Waals surface area contributed by atoms with E-state index in [1.165, 1.54) is 0 Å². The Balaban J connectivity index is 0.000000162. The Morgan fingerprint density at radius 1 is 0.656 bits per heavy atom. The smallest absolute Gasteiger partial charge is 0.475 e. The summed E-state index contributed by atoms with van der Waals surface area (Å²) in [6, 6.07) is -1.23. The Labute approximate surface area is 370 Å². The van der Waals surface area contributed by atoms with Crippen molar-refractivity contribution in [3.8, 4) is 0 Å². The van der Waals surface area contributed by atoms with Crippen molar-refractivity contribution in [1.82, 2.24) is 10.6 Å². The van der Waals surface area contributed by atoms with Gasteiger partial charge in [0, 0.05) is 11.8 Å². The van der Waals surface area contributed by atoms with E-state index in [1.807, 2.05) is 0 Å². The molecule has 1 saturated carbocycles. The van der Waals surface area contributed by atoms with Gasteiger partial charge >= 0.3 is 15.6 Å². The first-order valence-corrected chi connectivity index (χ1v) is 25.5. The highest BCUT2D eigenvalue weighted by atomic mass is 31.2. The molecule has 0 spiro atoms. The van der Waals surface area contributed by atoms with Crippen LogP contribution in [0.2, 0.25) is 0 Å². The van der Waals surface area contributed by atoms with Crippen LogP contribution in [0.1, 0.15) is 84.5 Å². The van der Waals surface area contributed by atoms with Crippen LogP contribution in [-0.2, 0) is 64.8 Å². The quantitative estimate of drug-likeness (QED) is 0.0741. The fourth-order valence-electron chi connectivity index (χ4n) is 10.4. The van der Waals surface area contributed by atoms with Crippen molar-refractivity contribution in [2.45, 2.75) is 133 Å². The molecule has 0 aromatic carbocycles. The van der Waals surface area contributed by atoms with Crippen LogP contribution >= 0.6 is 15.6 Å². The van der Waals surface area contributed by atoms with E-state index in [-0.39, 0.29) is 68.1 Å². The number of aliphatic hydroxyl groups excluding tert-OH is 4. The number of phosphoric ester groups is 2. The van der Waals surface area contributed by atoms with E-state index in [1.54, 1.807) is 18.2 Å². The van der Waals surface area contributed by atoms with Crippen LogP contribution in [-0.4, -0.2) is 108 Å². The number of fused-ring (bicyclic) bond motifs is 12. The van der Waals surface area contributed by atoms with Gasteiger partial charge in [-0.1, -0.05) is 71.3 Å². The summed E-state index contributed by atoms with van der Waals surface area (Å²) >= 11 is 0. The fraction of sp³-hybridized carbons (Fsp3) is 0.714. The topological polar surface area (TPSA) is 266 Å². The number of carbonyl (C=O) groups is 2. The number of piperidine rings is 2. The van der Waals surface area contributed by atoms with Gasteiger partial charge in [-0.05, 0) is 42.9 Å². The first-order valence-electron chi connectivity index (χ1n) is 22.6. The number of hydrogen-bond acceptors (Lipinski definition) is 18. The van der Waals surface area contributed by atoms with Gasteiger partial charge in [-0.25, -0.2) is 9.13 Å². The largest absolute Gasteiger partial charge is 0.507 e. The first kappa shape index (κ1) is 45.7. The van der Waals surface area contributed by atoms with Gasteiger partial charge in [-0.15, -0.1) is 0 Å². The molecule has 0 radical (unpaired) electrons. The van der Waals surface area contributed by atoms with Gasteiger partial charge in [-0.3, -0.25) is 36.7 Å². The summed E-state index contributed by atoms with van der Waals surface area (Å²) in [5.74, 6) is -3.10. The molecule has 4 aliphatic carbocycles. The molecule has 15 atom stereocenters. The number of phosphoric acid groups is 2. The Morgan fingerprint density at radius 2 is 1.20 bits per heavy atom. The second kappa shape index (κ2) is 18.7. The number of ether oxygens (including phenoxy) is 4. The van der Waals surface area contributed by atoms with Gasteiger partial charge in [-0.2, -0.15) is 0 Å². The van der Waals surface area contributed by atoms with Crippen LogP contribution in [0.5, 0.6) is 0 Å². The van der Waals surface area contributed by atoms with E-state index in [0.717, 1.165) is 64.2 Å². The van der Waals surface area contributed by atoms with Gasteiger partial charge in [0.25, 0.3) is 0 Å². The lowest BCUT2D eigenvalue weighted by Crippen LogP contribution is -2.65. The summed E-state index contributed by atoms with van der Waals surface area (Å²) in [7, 11) is -7.73. The number of nitrogens with one attached hydrogen (secondary N) is 2. The van der Waals surface area contributed by atoms with Gasteiger partial charge in [0.15, 0.2) is 23.0 Å². The second-order valence-corrected chi connectivity index (χ2v) is 20.8. The number of allylic oxidation sites excluding steroid dienone is 2. The maximum atomic E-state index is 13.1. The van der Waals surface area contributed by atoms with Crippen LogP contribution in [0.3, 0.4) is 0 Å². The van der Waals surface area contributed by atoms with E-state index in [2.05, 4.69) is 24.5 Å². The van der Waals surface area contributed by atoms with Crippen LogP contribution in [0.25, 0.3) is 0 Å². The van der Waals surface area contributed by atoms with Crippen LogP contribution in [0, 0.1) is 29.6 Å². The fourth-order valence-corrected chi connectivity index (χ4v) is 13.7. The average Bonchev–Trinajstić information content (AvgIpc) is 4.08. The molecule has 22 heteroatoms. The number of rotatable bonds is 14. The zero-order valence-corrected chi connectivity index (χ0v) is 37.5. The third-order valence-corrected chi connectivity index (χ3v) is 16.6. The number of hydrogen-bond donors (Lipinski definition) is 6. The minimum Gasteiger partial charge on any atom is -0.507 e. The summed E-state index contributed by atoms with van der Waals surface area (Å²) < 4.78 is 81.1. The molecule has 6 heterocycles. The van der Waals surface area contributed by atoms with Crippen LogP contribution in [0.4, 0.5) is 0 Å². The van der Waals surface area contributed by atoms with Crippen molar-refractivity contribution in [1.29, 1.82) is 0 Å². The Kier molecular flexibility index (Phi) is 13.4. The molecular formula is C42H58N2O18P2. The molecule has 0 aromatic rings.